The average molecular weight is 254 g/mol. The molecule has 1 aromatic heterocycles. The highest BCUT2D eigenvalue weighted by molar-refractivity contribution is 5.82. The van der Waals surface area contributed by atoms with Gasteiger partial charge in [0.15, 0.2) is 11.5 Å². The zero-order chi connectivity index (χ0) is 13.4. The Morgan fingerprint density at radius 2 is 2.05 bits per heavy atom. The molecule has 3 aromatic rings. The summed E-state index contributed by atoms with van der Waals surface area (Å²) in [5.74, 6) is 1.30. The van der Waals surface area contributed by atoms with Gasteiger partial charge in [0.05, 0.1) is 18.1 Å². The number of aromatic hydroxyl groups is 1. The zero-order valence-corrected chi connectivity index (χ0v) is 10.8. The van der Waals surface area contributed by atoms with E-state index in [-0.39, 0.29) is 5.75 Å². The number of fused-ring (bicyclic) bond motifs is 1. The number of nitrogens with one attached hydrogen (secondary N) is 1. The Kier molecular flexibility index (Phi) is 2.63. The maximum atomic E-state index is 9.82. The van der Waals surface area contributed by atoms with E-state index in [4.69, 9.17) is 4.74 Å². The zero-order valence-electron chi connectivity index (χ0n) is 10.8. The van der Waals surface area contributed by atoms with Gasteiger partial charge in [0.2, 0.25) is 0 Å². The van der Waals surface area contributed by atoms with Gasteiger partial charge in [-0.1, -0.05) is 12.1 Å². The van der Waals surface area contributed by atoms with Crippen molar-refractivity contribution in [2.45, 2.75) is 6.92 Å². The molecule has 96 valence electrons. The summed E-state index contributed by atoms with van der Waals surface area (Å²) < 4.78 is 5.03. The fourth-order valence-electron chi connectivity index (χ4n) is 2.15. The van der Waals surface area contributed by atoms with Gasteiger partial charge in [-0.25, -0.2) is 4.98 Å². The summed E-state index contributed by atoms with van der Waals surface area (Å²) in [7, 11) is 1.53. The number of ether oxygens (including phenoxy) is 1. The van der Waals surface area contributed by atoms with Crippen LogP contribution in [0.15, 0.2) is 36.4 Å². The highest BCUT2D eigenvalue weighted by Crippen LogP contribution is 2.31. The number of para-hydroxylation sites is 1. The van der Waals surface area contributed by atoms with Gasteiger partial charge in [0, 0.05) is 5.56 Å². The van der Waals surface area contributed by atoms with Crippen molar-refractivity contribution in [3.8, 4) is 22.9 Å². The van der Waals surface area contributed by atoms with Crippen LogP contribution in [0.3, 0.4) is 0 Å². The predicted octanol–water partition coefficient (Wildman–Crippen LogP) is 3.25. The summed E-state index contributed by atoms with van der Waals surface area (Å²) in [6.07, 6.45) is 0. The van der Waals surface area contributed by atoms with Gasteiger partial charge in [0.1, 0.15) is 5.82 Å². The van der Waals surface area contributed by atoms with E-state index in [9.17, 15) is 5.11 Å². The van der Waals surface area contributed by atoms with Crippen LogP contribution in [-0.2, 0) is 0 Å². The second-order valence-electron chi connectivity index (χ2n) is 4.44. The molecule has 2 N–H and O–H groups in total. The van der Waals surface area contributed by atoms with Gasteiger partial charge in [-0.05, 0) is 36.8 Å². The first-order valence-corrected chi connectivity index (χ1v) is 6.02. The first kappa shape index (κ1) is 11.6. The van der Waals surface area contributed by atoms with E-state index in [1.807, 2.05) is 31.2 Å². The van der Waals surface area contributed by atoms with Crippen LogP contribution >= 0.6 is 0 Å². The van der Waals surface area contributed by atoms with Crippen molar-refractivity contribution in [1.29, 1.82) is 0 Å². The van der Waals surface area contributed by atoms with Crippen LogP contribution in [0.1, 0.15) is 5.56 Å². The quantitative estimate of drug-likeness (QED) is 0.738. The first-order valence-electron chi connectivity index (χ1n) is 6.02. The molecular formula is C15H14N2O2. The summed E-state index contributed by atoms with van der Waals surface area (Å²) in [6.45, 7) is 2.03. The van der Waals surface area contributed by atoms with Crippen molar-refractivity contribution in [3.05, 3.63) is 42.0 Å². The highest BCUT2D eigenvalue weighted by atomic mass is 16.5. The Morgan fingerprint density at radius 3 is 2.74 bits per heavy atom. The topological polar surface area (TPSA) is 58.1 Å². The van der Waals surface area contributed by atoms with E-state index in [2.05, 4.69) is 9.97 Å². The Labute approximate surface area is 110 Å². The van der Waals surface area contributed by atoms with Crippen LogP contribution in [0.5, 0.6) is 11.5 Å². The molecule has 19 heavy (non-hydrogen) atoms. The Hall–Kier alpha value is -2.49. The summed E-state index contributed by atoms with van der Waals surface area (Å²) in [6, 6.07) is 11.2. The maximum absolute atomic E-state index is 9.82. The SMILES string of the molecule is COc1ccc(-c2nc3c(C)cccc3[nH]2)cc1O. The molecule has 0 saturated heterocycles. The van der Waals surface area contributed by atoms with Crippen LogP contribution in [0.2, 0.25) is 0 Å². The fraction of sp³-hybridized carbons (Fsp3) is 0.133. The lowest BCUT2D eigenvalue weighted by Gasteiger charge is -2.04. The lowest BCUT2D eigenvalue weighted by Crippen LogP contribution is -1.85. The number of imidazole rings is 1. The van der Waals surface area contributed by atoms with Gasteiger partial charge in [-0.3, -0.25) is 0 Å². The molecule has 0 radical (unpaired) electrons. The lowest BCUT2D eigenvalue weighted by molar-refractivity contribution is 0.373. The highest BCUT2D eigenvalue weighted by Gasteiger charge is 2.09. The first-order chi connectivity index (χ1) is 9.19. The number of nitrogens with zero attached hydrogens (tertiary/aromatic N) is 1. The molecule has 2 aromatic carbocycles. The van der Waals surface area contributed by atoms with E-state index in [0.29, 0.717) is 5.75 Å². The summed E-state index contributed by atoms with van der Waals surface area (Å²) in [5.41, 5.74) is 3.89. The molecule has 1 heterocycles. The minimum absolute atomic E-state index is 0.108. The summed E-state index contributed by atoms with van der Waals surface area (Å²) in [4.78, 5) is 7.83. The normalized spacial score (nSPS) is 10.8. The number of aryl methyl sites for hydroxylation is 1. The van der Waals surface area contributed by atoms with Crippen molar-refractivity contribution in [2.75, 3.05) is 7.11 Å². The summed E-state index contributed by atoms with van der Waals surface area (Å²) in [5, 5.41) is 9.82. The van der Waals surface area contributed by atoms with Gasteiger partial charge in [-0.15, -0.1) is 0 Å². The number of aromatic amines is 1. The van der Waals surface area contributed by atoms with Crippen molar-refractivity contribution >= 4 is 11.0 Å². The standard InChI is InChI=1S/C15H14N2O2/c1-9-4-3-5-11-14(9)17-15(16-11)10-6-7-13(19-2)12(18)8-10/h3-8,18H,1-2H3,(H,16,17). The minimum Gasteiger partial charge on any atom is -0.504 e. The summed E-state index contributed by atoms with van der Waals surface area (Å²) >= 11 is 0. The van der Waals surface area contributed by atoms with Crippen molar-refractivity contribution < 1.29 is 9.84 Å². The molecule has 4 nitrogen and oxygen atoms in total. The molecule has 0 unspecified atom stereocenters. The number of H-pyrrole nitrogens is 1. The molecule has 0 fully saturated rings. The molecule has 0 aliphatic rings. The lowest BCUT2D eigenvalue weighted by atomic mass is 10.2. The second kappa shape index (κ2) is 4.31. The predicted molar refractivity (Wildman–Crippen MR) is 74.5 cm³/mol. The molecule has 4 heteroatoms. The molecule has 0 atom stereocenters. The monoisotopic (exact) mass is 254 g/mol. The van der Waals surface area contributed by atoms with Crippen LogP contribution in [0.4, 0.5) is 0 Å². The Bertz CT molecular complexity index is 747. The van der Waals surface area contributed by atoms with Crippen LogP contribution < -0.4 is 4.74 Å². The minimum atomic E-state index is 0.108. The maximum Gasteiger partial charge on any atom is 0.160 e. The largest absolute Gasteiger partial charge is 0.504 e. The molecule has 3 rings (SSSR count). The number of phenolic OH excluding ortho intramolecular Hbond substituents is 1. The fourth-order valence-corrected chi connectivity index (χ4v) is 2.15. The van der Waals surface area contributed by atoms with Crippen LogP contribution in [0, 0.1) is 6.92 Å². The molecule has 0 bridgehead atoms. The number of methoxy groups -OCH3 is 1. The average Bonchev–Trinajstić information content (AvgIpc) is 2.84. The van der Waals surface area contributed by atoms with E-state index in [1.165, 1.54) is 7.11 Å². The third-order valence-electron chi connectivity index (χ3n) is 3.17. The van der Waals surface area contributed by atoms with Crippen molar-refractivity contribution in [3.63, 3.8) is 0 Å². The molecule has 0 aliphatic heterocycles. The van der Waals surface area contributed by atoms with E-state index in [0.717, 1.165) is 28.0 Å². The second-order valence-corrected chi connectivity index (χ2v) is 4.44. The molecule has 0 amide bonds. The molecule has 0 spiro atoms. The van der Waals surface area contributed by atoms with E-state index < -0.39 is 0 Å². The molecular weight excluding hydrogens is 240 g/mol. The van der Waals surface area contributed by atoms with E-state index >= 15 is 0 Å². The number of benzene rings is 2. The van der Waals surface area contributed by atoms with Gasteiger partial charge in [-0.2, -0.15) is 0 Å². The molecule has 0 saturated carbocycles. The molecule has 0 aliphatic carbocycles. The number of hydrogen-bond donors (Lipinski definition) is 2. The van der Waals surface area contributed by atoms with Gasteiger partial charge in [0.25, 0.3) is 0 Å². The van der Waals surface area contributed by atoms with E-state index in [1.54, 1.807) is 12.1 Å². The number of hydrogen-bond acceptors (Lipinski definition) is 3. The smallest absolute Gasteiger partial charge is 0.160 e. The van der Waals surface area contributed by atoms with Gasteiger partial charge < -0.3 is 14.8 Å². The Balaban J connectivity index is 2.14. The number of phenols is 1. The third-order valence-corrected chi connectivity index (χ3v) is 3.17. The van der Waals surface area contributed by atoms with Crippen LogP contribution in [0.25, 0.3) is 22.4 Å². The third kappa shape index (κ3) is 1.91. The van der Waals surface area contributed by atoms with Crippen molar-refractivity contribution in [1.82, 2.24) is 9.97 Å². The van der Waals surface area contributed by atoms with Crippen molar-refractivity contribution in [2.24, 2.45) is 0 Å². The Morgan fingerprint density at radius 1 is 1.21 bits per heavy atom. The number of rotatable bonds is 2. The number of aromatic nitrogens is 2. The van der Waals surface area contributed by atoms with Gasteiger partial charge >= 0.3 is 0 Å². The van der Waals surface area contributed by atoms with Crippen LogP contribution in [-0.4, -0.2) is 22.2 Å².